The van der Waals surface area contributed by atoms with Gasteiger partial charge in [-0.1, -0.05) is 25.3 Å². The molecule has 0 atom stereocenters. The van der Waals surface area contributed by atoms with Crippen LogP contribution >= 0.6 is 12.2 Å². The zero-order valence-electron chi connectivity index (χ0n) is 15.5. The van der Waals surface area contributed by atoms with Crippen LogP contribution in [0.3, 0.4) is 0 Å². The molecule has 6 nitrogen and oxygen atoms in total. The molecule has 0 unspecified atom stereocenters. The topological polar surface area (TPSA) is 42.1 Å². The summed E-state index contributed by atoms with van der Waals surface area (Å²) in [7, 11) is 0. The molecule has 1 aliphatic heterocycles. The van der Waals surface area contributed by atoms with E-state index in [4.69, 9.17) is 17.3 Å². The van der Waals surface area contributed by atoms with Crippen LogP contribution in [0.2, 0.25) is 0 Å². The number of aryl methyl sites for hydroxylation is 1. The van der Waals surface area contributed by atoms with Gasteiger partial charge in [0.2, 0.25) is 0 Å². The molecule has 2 aromatic heterocycles. The number of hydrogen-bond donors (Lipinski definition) is 0. The summed E-state index contributed by atoms with van der Waals surface area (Å²) in [5.74, 6) is 2.13. The minimum absolute atomic E-state index is 0.547. The predicted molar refractivity (Wildman–Crippen MR) is 106 cm³/mol. The molecule has 7 heteroatoms. The third kappa shape index (κ3) is 3.69. The number of pyridine rings is 1. The first-order valence-electron chi connectivity index (χ1n) is 9.76. The molecule has 1 aliphatic carbocycles. The summed E-state index contributed by atoms with van der Waals surface area (Å²) in [6.07, 6.45) is 8.32. The van der Waals surface area contributed by atoms with Crippen LogP contribution < -0.4 is 4.90 Å². The maximum Gasteiger partial charge on any atom is 0.199 e. The van der Waals surface area contributed by atoms with Gasteiger partial charge >= 0.3 is 0 Å². The van der Waals surface area contributed by atoms with Crippen molar-refractivity contribution in [1.82, 2.24) is 24.2 Å². The molecule has 2 fully saturated rings. The van der Waals surface area contributed by atoms with E-state index < -0.39 is 0 Å². The van der Waals surface area contributed by atoms with Crippen molar-refractivity contribution in [2.45, 2.75) is 51.7 Å². The number of hydrogen-bond acceptors (Lipinski definition) is 5. The molecule has 1 saturated heterocycles. The third-order valence-corrected chi connectivity index (χ3v) is 6.07. The van der Waals surface area contributed by atoms with Gasteiger partial charge in [0.05, 0.1) is 6.67 Å². The van der Waals surface area contributed by atoms with E-state index in [9.17, 15) is 0 Å². The maximum atomic E-state index is 5.78. The highest BCUT2D eigenvalue weighted by molar-refractivity contribution is 7.71. The fourth-order valence-corrected chi connectivity index (χ4v) is 4.61. The molecule has 0 spiro atoms. The van der Waals surface area contributed by atoms with Gasteiger partial charge in [-0.25, -0.2) is 9.67 Å². The van der Waals surface area contributed by atoms with Gasteiger partial charge in [0.25, 0.3) is 0 Å². The molecule has 2 aromatic rings. The molecular formula is C19H28N6S. The normalized spacial score (nSPS) is 19.8. The third-order valence-electron chi connectivity index (χ3n) is 5.66. The van der Waals surface area contributed by atoms with E-state index >= 15 is 0 Å². The SMILES string of the molecule is Cc1nn(CN2CCN(c3ccccn3)CC2)c(=S)n1C1CCCCC1. The molecule has 0 N–H and O–H groups in total. The van der Waals surface area contributed by atoms with E-state index in [1.807, 2.05) is 16.9 Å². The zero-order valence-corrected chi connectivity index (χ0v) is 16.4. The van der Waals surface area contributed by atoms with Crippen molar-refractivity contribution in [2.24, 2.45) is 0 Å². The molecule has 26 heavy (non-hydrogen) atoms. The minimum Gasteiger partial charge on any atom is -0.354 e. The van der Waals surface area contributed by atoms with Gasteiger partial charge < -0.3 is 9.47 Å². The van der Waals surface area contributed by atoms with Crippen molar-refractivity contribution < 1.29 is 0 Å². The van der Waals surface area contributed by atoms with Gasteiger partial charge in [-0.05, 0) is 44.1 Å². The second kappa shape index (κ2) is 7.88. The van der Waals surface area contributed by atoms with Crippen LogP contribution in [-0.4, -0.2) is 50.4 Å². The van der Waals surface area contributed by atoms with Crippen molar-refractivity contribution in [1.29, 1.82) is 0 Å². The standard InChI is InChI=1S/C19H28N6S/c1-16-21-24(19(26)25(16)17-7-3-2-4-8-17)15-22-11-13-23(14-12-22)18-9-5-6-10-20-18/h5-6,9-10,17H,2-4,7-8,11-15H2,1H3. The van der Waals surface area contributed by atoms with Gasteiger partial charge in [0.1, 0.15) is 11.6 Å². The van der Waals surface area contributed by atoms with Crippen LogP contribution in [0.5, 0.6) is 0 Å². The van der Waals surface area contributed by atoms with Crippen LogP contribution in [0.25, 0.3) is 0 Å². The first-order chi connectivity index (χ1) is 12.7. The average molecular weight is 373 g/mol. The number of aromatic nitrogens is 4. The molecule has 3 heterocycles. The molecule has 2 aliphatic rings. The number of rotatable bonds is 4. The summed E-state index contributed by atoms with van der Waals surface area (Å²) in [4.78, 5) is 9.25. The Labute approximate surface area is 160 Å². The highest BCUT2D eigenvalue weighted by Crippen LogP contribution is 2.29. The minimum atomic E-state index is 0.547. The van der Waals surface area contributed by atoms with E-state index in [2.05, 4.69) is 38.4 Å². The summed E-state index contributed by atoms with van der Waals surface area (Å²) in [5, 5.41) is 4.76. The van der Waals surface area contributed by atoms with Crippen LogP contribution in [0.1, 0.15) is 44.0 Å². The fourth-order valence-electron chi connectivity index (χ4n) is 4.23. The Balaban J connectivity index is 1.40. The van der Waals surface area contributed by atoms with Crippen molar-refractivity contribution in [3.8, 4) is 0 Å². The number of nitrogens with zero attached hydrogens (tertiary/aromatic N) is 6. The molecular weight excluding hydrogens is 344 g/mol. The Morgan fingerprint density at radius 1 is 1.08 bits per heavy atom. The van der Waals surface area contributed by atoms with Crippen molar-refractivity contribution in [2.75, 3.05) is 31.1 Å². The lowest BCUT2D eigenvalue weighted by atomic mass is 9.95. The highest BCUT2D eigenvalue weighted by Gasteiger charge is 2.22. The monoisotopic (exact) mass is 372 g/mol. The molecule has 0 aromatic carbocycles. The van der Waals surface area contributed by atoms with Gasteiger partial charge in [-0.15, -0.1) is 0 Å². The first kappa shape index (κ1) is 17.7. The predicted octanol–water partition coefficient (Wildman–Crippen LogP) is 3.40. The molecule has 4 rings (SSSR count). The van der Waals surface area contributed by atoms with E-state index in [0.717, 1.165) is 49.3 Å². The highest BCUT2D eigenvalue weighted by atomic mass is 32.1. The van der Waals surface area contributed by atoms with E-state index in [1.54, 1.807) is 0 Å². The lowest BCUT2D eigenvalue weighted by Crippen LogP contribution is -2.47. The van der Waals surface area contributed by atoms with Gasteiger partial charge in [-0.3, -0.25) is 4.90 Å². The van der Waals surface area contributed by atoms with E-state index in [1.165, 1.54) is 32.1 Å². The summed E-state index contributed by atoms with van der Waals surface area (Å²) in [6.45, 7) is 6.88. The Morgan fingerprint density at radius 3 is 2.54 bits per heavy atom. The van der Waals surface area contributed by atoms with Crippen molar-refractivity contribution >= 4 is 18.0 Å². The summed E-state index contributed by atoms with van der Waals surface area (Å²) in [6, 6.07) is 6.65. The Bertz CT molecular complexity index is 769. The quantitative estimate of drug-likeness (QED) is 0.770. The largest absolute Gasteiger partial charge is 0.354 e. The maximum absolute atomic E-state index is 5.78. The smallest absolute Gasteiger partial charge is 0.199 e. The first-order valence-corrected chi connectivity index (χ1v) is 10.2. The van der Waals surface area contributed by atoms with Gasteiger partial charge in [-0.2, -0.15) is 5.10 Å². The zero-order chi connectivity index (χ0) is 17.9. The van der Waals surface area contributed by atoms with E-state index in [0.29, 0.717) is 6.04 Å². The van der Waals surface area contributed by atoms with Crippen LogP contribution in [0.4, 0.5) is 5.82 Å². The second-order valence-electron chi connectivity index (χ2n) is 7.43. The summed E-state index contributed by atoms with van der Waals surface area (Å²) >= 11 is 5.78. The number of anilines is 1. The van der Waals surface area contributed by atoms with Crippen LogP contribution in [0.15, 0.2) is 24.4 Å². The molecule has 1 saturated carbocycles. The lowest BCUT2D eigenvalue weighted by Gasteiger charge is -2.35. The van der Waals surface area contributed by atoms with Crippen LogP contribution in [0, 0.1) is 11.7 Å². The number of piperazine rings is 1. The van der Waals surface area contributed by atoms with Gasteiger partial charge in [0, 0.05) is 38.4 Å². The molecule has 140 valence electrons. The average Bonchev–Trinajstić information content (AvgIpc) is 2.97. The molecule has 0 bridgehead atoms. The van der Waals surface area contributed by atoms with E-state index in [-0.39, 0.29) is 0 Å². The lowest BCUT2D eigenvalue weighted by molar-refractivity contribution is 0.193. The fraction of sp³-hybridized carbons (Fsp3) is 0.632. The Morgan fingerprint density at radius 2 is 1.85 bits per heavy atom. The summed E-state index contributed by atoms with van der Waals surface area (Å²) in [5.41, 5.74) is 0. The van der Waals surface area contributed by atoms with Gasteiger partial charge in [0.15, 0.2) is 4.77 Å². The van der Waals surface area contributed by atoms with Crippen LogP contribution in [-0.2, 0) is 6.67 Å². The summed E-state index contributed by atoms with van der Waals surface area (Å²) < 4.78 is 5.22. The Hall–Kier alpha value is -1.73. The molecule has 0 amide bonds. The second-order valence-corrected chi connectivity index (χ2v) is 7.79. The molecule has 0 radical (unpaired) electrons. The van der Waals surface area contributed by atoms with Crippen molar-refractivity contribution in [3.05, 3.63) is 35.0 Å². The van der Waals surface area contributed by atoms with Crippen molar-refractivity contribution in [3.63, 3.8) is 0 Å². The Kier molecular flexibility index (Phi) is 5.36.